The zero-order valence-electron chi connectivity index (χ0n) is 32.0. The van der Waals surface area contributed by atoms with E-state index in [4.69, 9.17) is 0 Å². The Morgan fingerprint density at radius 3 is 1.22 bits per heavy atom. The fraction of sp³-hybridized carbons (Fsp3) is 0.674. The maximum absolute atomic E-state index is 12.7. The molecule has 0 spiro atoms. The van der Waals surface area contributed by atoms with Crippen LogP contribution in [0, 0.1) is 0 Å². The lowest BCUT2D eigenvalue weighted by atomic mass is 10.0. The van der Waals surface area contributed by atoms with Gasteiger partial charge in [-0.05, 0) is 108 Å². The van der Waals surface area contributed by atoms with Crippen LogP contribution in [0.2, 0.25) is 0 Å². The summed E-state index contributed by atoms with van der Waals surface area (Å²) < 4.78 is 0. The zero-order chi connectivity index (χ0) is 35.4. The molecule has 0 aliphatic rings. The summed E-state index contributed by atoms with van der Waals surface area (Å²) in [5.41, 5.74) is 3.94. The average Bonchev–Trinajstić information content (AvgIpc) is 3.07. The molecular weight excluding hydrogens is 604 g/mol. The lowest BCUT2D eigenvalue weighted by Crippen LogP contribution is -2.22. The highest BCUT2D eigenvalue weighted by atomic mass is 16.2. The van der Waals surface area contributed by atoms with E-state index < -0.39 is 0 Å². The summed E-state index contributed by atoms with van der Waals surface area (Å²) in [4.78, 5) is 30.1. The third kappa shape index (κ3) is 22.6. The van der Waals surface area contributed by atoms with E-state index in [-0.39, 0.29) is 11.8 Å². The first-order valence-electron chi connectivity index (χ1n) is 20.0. The molecule has 6 heteroatoms. The highest BCUT2D eigenvalue weighted by Crippen LogP contribution is 2.19. The third-order valence-electron chi connectivity index (χ3n) is 9.50. The monoisotopic (exact) mass is 677 g/mol. The van der Waals surface area contributed by atoms with Crippen LogP contribution < -0.4 is 10.6 Å². The number of amides is 2. The van der Waals surface area contributed by atoms with Gasteiger partial charge in [0.1, 0.15) is 0 Å². The molecule has 0 unspecified atom stereocenters. The van der Waals surface area contributed by atoms with Crippen LogP contribution in [0.15, 0.2) is 48.5 Å². The minimum absolute atomic E-state index is 0.0710. The molecule has 2 rings (SSSR count). The van der Waals surface area contributed by atoms with Gasteiger partial charge in [-0.15, -0.1) is 0 Å². The molecule has 6 nitrogen and oxygen atoms in total. The van der Waals surface area contributed by atoms with Gasteiger partial charge in [-0.25, -0.2) is 0 Å². The number of hydrogen-bond acceptors (Lipinski definition) is 4. The minimum atomic E-state index is 0.0710. The number of hydrogen-bond donors (Lipinski definition) is 2. The molecule has 0 aliphatic carbocycles. The molecule has 49 heavy (non-hydrogen) atoms. The molecule has 0 saturated carbocycles. The van der Waals surface area contributed by atoms with Crippen molar-refractivity contribution in [3.05, 3.63) is 59.7 Å². The zero-order valence-corrected chi connectivity index (χ0v) is 32.0. The summed E-state index contributed by atoms with van der Waals surface area (Å²) in [6.45, 7) is 8.66. The summed E-state index contributed by atoms with van der Waals surface area (Å²) in [6.07, 6.45) is 25.0. The van der Waals surface area contributed by atoms with Crippen molar-refractivity contribution < 1.29 is 9.59 Å². The number of anilines is 2. The van der Waals surface area contributed by atoms with E-state index in [9.17, 15) is 9.59 Å². The Bertz CT molecular complexity index is 1050. The lowest BCUT2D eigenvalue weighted by Gasteiger charge is -2.16. The van der Waals surface area contributed by atoms with Crippen LogP contribution in [-0.2, 0) is 16.0 Å². The Labute approximate surface area is 301 Å². The molecule has 0 aromatic heterocycles. The molecular formula is C43H72N4O2. The first-order chi connectivity index (χ1) is 23.9. The van der Waals surface area contributed by atoms with Gasteiger partial charge in [-0.2, -0.15) is 0 Å². The number of nitrogens with zero attached hydrogens (tertiary/aromatic N) is 2. The standard InChI is InChI=1S/C43H72N4O2/c1-5-7-9-11-13-15-17-19-31-46(3)33-23-29-42(48)44-40-27-21-25-38(36-40)35-39-26-22-28-41(37-39)45-43(49)30-24-34-47(4)32-20-18-16-14-12-10-8-6-2/h21-22,25-28,36-37H,5-20,23-24,29-35H2,1-4H3,(H,44,48)(H,45,49). The number of benzene rings is 2. The lowest BCUT2D eigenvalue weighted by molar-refractivity contribution is -0.117. The Hall–Kier alpha value is -2.70. The Balaban J connectivity index is 1.62. The topological polar surface area (TPSA) is 64.7 Å². The maximum atomic E-state index is 12.7. The van der Waals surface area contributed by atoms with E-state index in [0.29, 0.717) is 12.8 Å². The molecule has 0 heterocycles. The third-order valence-corrected chi connectivity index (χ3v) is 9.50. The molecule has 2 amide bonds. The molecule has 0 fully saturated rings. The van der Waals surface area contributed by atoms with Crippen LogP contribution in [-0.4, -0.2) is 61.9 Å². The highest BCUT2D eigenvalue weighted by Gasteiger charge is 2.08. The molecule has 0 atom stereocenters. The summed E-state index contributed by atoms with van der Waals surface area (Å²) in [7, 11) is 4.34. The maximum Gasteiger partial charge on any atom is 0.224 e. The van der Waals surface area contributed by atoms with Crippen molar-refractivity contribution >= 4 is 23.2 Å². The Kier molecular flexibility index (Phi) is 24.3. The summed E-state index contributed by atoms with van der Waals surface area (Å²) in [6, 6.07) is 16.2. The highest BCUT2D eigenvalue weighted by molar-refractivity contribution is 5.91. The molecule has 0 saturated heterocycles. The van der Waals surface area contributed by atoms with Gasteiger partial charge in [-0.1, -0.05) is 128 Å². The predicted octanol–water partition coefficient (Wildman–Crippen LogP) is 10.9. The smallest absolute Gasteiger partial charge is 0.224 e. The number of carbonyl (C=O) groups excluding carboxylic acids is 2. The Morgan fingerprint density at radius 1 is 0.490 bits per heavy atom. The SMILES string of the molecule is CCCCCCCCCCN(C)CCCC(=O)Nc1cccc(Cc2cccc(NC(=O)CCCN(C)CCCCCCCCCC)c2)c1. The van der Waals surface area contributed by atoms with Crippen molar-refractivity contribution in [1.29, 1.82) is 0 Å². The van der Waals surface area contributed by atoms with Crippen LogP contribution in [0.5, 0.6) is 0 Å². The fourth-order valence-electron chi connectivity index (χ4n) is 6.47. The van der Waals surface area contributed by atoms with E-state index in [1.807, 2.05) is 24.3 Å². The summed E-state index contributed by atoms with van der Waals surface area (Å²) >= 11 is 0. The number of rotatable bonds is 30. The predicted molar refractivity (Wildman–Crippen MR) is 212 cm³/mol. The first kappa shape index (κ1) is 42.5. The number of carbonyl (C=O) groups is 2. The molecule has 2 aromatic carbocycles. The second-order valence-corrected chi connectivity index (χ2v) is 14.4. The average molecular weight is 677 g/mol. The van der Waals surface area contributed by atoms with Crippen LogP contribution in [0.25, 0.3) is 0 Å². The normalized spacial score (nSPS) is 11.4. The quantitative estimate of drug-likeness (QED) is 0.0808. The summed E-state index contributed by atoms with van der Waals surface area (Å²) in [5.74, 6) is 0.142. The van der Waals surface area contributed by atoms with Gasteiger partial charge in [0.15, 0.2) is 0 Å². The fourth-order valence-corrected chi connectivity index (χ4v) is 6.47. The van der Waals surface area contributed by atoms with Crippen molar-refractivity contribution in [3.63, 3.8) is 0 Å². The van der Waals surface area contributed by atoms with Crippen molar-refractivity contribution in [2.75, 3.05) is 50.9 Å². The number of unbranched alkanes of at least 4 members (excludes halogenated alkanes) is 14. The van der Waals surface area contributed by atoms with Crippen LogP contribution in [0.1, 0.15) is 153 Å². The van der Waals surface area contributed by atoms with Gasteiger partial charge in [0.25, 0.3) is 0 Å². The van der Waals surface area contributed by atoms with E-state index >= 15 is 0 Å². The molecule has 276 valence electrons. The van der Waals surface area contributed by atoms with E-state index in [1.165, 1.54) is 103 Å². The second kappa shape index (κ2) is 28.0. The van der Waals surface area contributed by atoms with Gasteiger partial charge in [-0.3, -0.25) is 9.59 Å². The van der Waals surface area contributed by atoms with Gasteiger partial charge in [0, 0.05) is 24.2 Å². The second-order valence-electron chi connectivity index (χ2n) is 14.4. The van der Waals surface area contributed by atoms with E-state index in [1.54, 1.807) is 0 Å². The van der Waals surface area contributed by atoms with Crippen LogP contribution >= 0.6 is 0 Å². The molecule has 0 aliphatic heterocycles. The van der Waals surface area contributed by atoms with Crippen molar-refractivity contribution in [2.45, 2.75) is 149 Å². The van der Waals surface area contributed by atoms with Crippen molar-refractivity contribution in [2.24, 2.45) is 0 Å². The number of nitrogens with one attached hydrogen (secondary N) is 2. The first-order valence-corrected chi connectivity index (χ1v) is 20.0. The molecule has 0 radical (unpaired) electrons. The van der Waals surface area contributed by atoms with E-state index in [0.717, 1.165) is 67.9 Å². The minimum Gasteiger partial charge on any atom is -0.326 e. The van der Waals surface area contributed by atoms with Gasteiger partial charge >= 0.3 is 0 Å². The van der Waals surface area contributed by atoms with Crippen LogP contribution in [0.3, 0.4) is 0 Å². The molecule has 0 bridgehead atoms. The van der Waals surface area contributed by atoms with Gasteiger partial charge in [0.05, 0.1) is 0 Å². The van der Waals surface area contributed by atoms with Gasteiger partial charge in [0.2, 0.25) is 11.8 Å². The molecule has 2 N–H and O–H groups in total. The van der Waals surface area contributed by atoms with E-state index in [2.05, 4.69) is 72.6 Å². The van der Waals surface area contributed by atoms with Crippen LogP contribution in [0.4, 0.5) is 11.4 Å². The van der Waals surface area contributed by atoms with Gasteiger partial charge < -0.3 is 20.4 Å². The molecule has 2 aromatic rings. The Morgan fingerprint density at radius 2 is 0.837 bits per heavy atom. The summed E-state index contributed by atoms with van der Waals surface area (Å²) in [5, 5.41) is 6.19. The van der Waals surface area contributed by atoms with Crippen molar-refractivity contribution in [3.8, 4) is 0 Å². The largest absolute Gasteiger partial charge is 0.326 e. The van der Waals surface area contributed by atoms with Crippen molar-refractivity contribution in [1.82, 2.24) is 9.80 Å².